The number of hydrogen-bond acceptors (Lipinski definition) is 3. The fourth-order valence-corrected chi connectivity index (χ4v) is 2.39. The van der Waals surface area contributed by atoms with Gasteiger partial charge in [0.1, 0.15) is 5.60 Å². The van der Waals surface area contributed by atoms with Crippen molar-refractivity contribution in [3.8, 4) is 0 Å². The third-order valence-electron chi connectivity index (χ3n) is 3.48. The van der Waals surface area contributed by atoms with E-state index in [0.29, 0.717) is 25.1 Å². The van der Waals surface area contributed by atoms with Gasteiger partial charge in [0.25, 0.3) is 5.91 Å². The number of amides is 2. The van der Waals surface area contributed by atoms with Crippen molar-refractivity contribution in [3.05, 3.63) is 36.0 Å². The van der Waals surface area contributed by atoms with E-state index in [0.717, 1.165) is 10.9 Å². The molecule has 0 aliphatic carbocycles. The van der Waals surface area contributed by atoms with Crippen molar-refractivity contribution in [3.63, 3.8) is 0 Å². The smallest absolute Gasteiger partial charge is 0.407 e. The van der Waals surface area contributed by atoms with Crippen LogP contribution in [-0.4, -0.2) is 35.3 Å². The molecule has 2 N–H and O–H groups in total. The van der Waals surface area contributed by atoms with E-state index in [1.807, 2.05) is 62.8 Å². The Morgan fingerprint density at radius 3 is 2.54 bits per heavy atom. The molecule has 0 spiro atoms. The van der Waals surface area contributed by atoms with Crippen LogP contribution in [0.2, 0.25) is 0 Å². The minimum atomic E-state index is -0.507. The molecule has 0 unspecified atom stereocenters. The molecule has 1 aromatic heterocycles. The number of benzene rings is 1. The molecule has 0 aliphatic rings. The second-order valence-electron chi connectivity index (χ2n) is 6.70. The summed E-state index contributed by atoms with van der Waals surface area (Å²) >= 11 is 0. The van der Waals surface area contributed by atoms with E-state index in [4.69, 9.17) is 4.74 Å². The fourth-order valence-electron chi connectivity index (χ4n) is 2.39. The zero-order valence-electron chi connectivity index (χ0n) is 14.7. The first-order chi connectivity index (χ1) is 11.3. The Hall–Kier alpha value is -2.50. The van der Waals surface area contributed by atoms with Gasteiger partial charge in [0, 0.05) is 42.8 Å². The van der Waals surface area contributed by atoms with E-state index in [9.17, 15) is 9.59 Å². The van der Waals surface area contributed by atoms with Gasteiger partial charge >= 0.3 is 6.09 Å². The van der Waals surface area contributed by atoms with Gasteiger partial charge in [0.15, 0.2) is 0 Å². The predicted octanol–water partition coefficient (Wildman–Crippen LogP) is 2.82. The van der Waals surface area contributed by atoms with E-state index in [1.54, 1.807) is 0 Å². The molecule has 0 radical (unpaired) electrons. The van der Waals surface area contributed by atoms with Crippen molar-refractivity contribution in [2.75, 3.05) is 13.1 Å². The van der Waals surface area contributed by atoms with E-state index < -0.39 is 11.7 Å². The number of ether oxygens (including phenoxy) is 1. The van der Waals surface area contributed by atoms with Gasteiger partial charge in [-0.2, -0.15) is 0 Å². The average molecular weight is 331 g/mol. The molecule has 2 aromatic rings. The molecule has 1 heterocycles. The summed E-state index contributed by atoms with van der Waals surface area (Å²) in [5.41, 5.74) is 1.18. The van der Waals surface area contributed by atoms with Gasteiger partial charge in [-0.15, -0.1) is 0 Å². The second kappa shape index (κ2) is 7.38. The number of aryl methyl sites for hydroxylation is 1. The van der Waals surface area contributed by atoms with Gasteiger partial charge < -0.3 is 19.9 Å². The Morgan fingerprint density at radius 2 is 1.83 bits per heavy atom. The molecule has 6 heteroatoms. The summed E-state index contributed by atoms with van der Waals surface area (Å²) in [7, 11) is 1.95. The lowest BCUT2D eigenvalue weighted by Gasteiger charge is -2.19. The van der Waals surface area contributed by atoms with Gasteiger partial charge in [-0.25, -0.2) is 4.79 Å². The van der Waals surface area contributed by atoms with Crippen LogP contribution in [0.15, 0.2) is 30.5 Å². The molecule has 0 aliphatic heterocycles. The van der Waals surface area contributed by atoms with Crippen molar-refractivity contribution < 1.29 is 14.3 Å². The van der Waals surface area contributed by atoms with Gasteiger partial charge in [0.05, 0.1) is 0 Å². The number of hydrogen-bond donors (Lipinski definition) is 2. The molecule has 0 saturated carbocycles. The largest absolute Gasteiger partial charge is 0.444 e. The minimum Gasteiger partial charge on any atom is -0.444 e. The molecular formula is C18H25N3O3. The molecule has 1 aromatic carbocycles. The van der Waals surface area contributed by atoms with Crippen LogP contribution in [0.3, 0.4) is 0 Å². The Kier molecular flexibility index (Phi) is 5.49. The average Bonchev–Trinajstić information content (AvgIpc) is 2.86. The normalized spacial score (nSPS) is 11.3. The van der Waals surface area contributed by atoms with Crippen molar-refractivity contribution in [2.24, 2.45) is 7.05 Å². The number of nitrogens with zero attached hydrogens (tertiary/aromatic N) is 1. The van der Waals surface area contributed by atoms with Gasteiger partial charge in [-0.3, -0.25) is 4.79 Å². The summed E-state index contributed by atoms with van der Waals surface area (Å²) < 4.78 is 7.13. The predicted molar refractivity (Wildman–Crippen MR) is 94.1 cm³/mol. The second-order valence-corrected chi connectivity index (χ2v) is 6.70. The lowest BCUT2D eigenvalue weighted by atomic mass is 10.1. The van der Waals surface area contributed by atoms with Crippen LogP contribution < -0.4 is 10.6 Å². The summed E-state index contributed by atoms with van der Waals surface area (Å²) in [4.78, 5) is 23.8. The number of carbonyl (C=O) groups excluding carboxylic acids is 2. The highest BCUT2D eigenvalue weighted by Crippen LogP contribution is 2.19. The number of fused-ring (bicyclic) bond motifs is 1. The van der Waals surface area contributed by atoms with Crippen LogP contribution in [0.5, 0.6) is 0 Å². The zero-order valence-corrected chi connectivity index (χ0v) is 14.7. The monoisotopic (exact) mass is 331 g/mol. The minimum absolute atomic E-state index is 0.107. The zero-order chi connectivity index (χ0) is 17.7. The summed E-state index contributed by atoms with van der Waals surface area (Å²) in [6, 6.07) is 7.61. The third kappa shape index (κ3) is 4.75. The van der Waals surface area contributed by atoms with Crippen LogP contribution in [0.25, 0.3) is 10.9 Å². The molecule has 24 heavy (non-hydrogen) atoms. The van der Waals surface area contributed by atoms with E-state index in [1.165, 1.54) is 0 Å². The first-order valence-corrected chi connectivity index (χ1v) is 8.07. The summed E-state index contributed by atoms with van der Waals surface area (Å²) in [5.74, 6) is -0.107. The molecule has 6 nitrogen and oxygen atoms in total. The Balaban J connectivity index is 1.78. The SMILES string of the molecule is Cn1ccc2c(C(=O)NCCCNC(=O)OC(C)(C)C)cccc21. The molecule has 2 rings (SSSR count). The maximum Gasteiger partial charge on any atom is 0.407 e. The Morgan fingerprint density at radius 1 is 1.12 bits per heavy atom. The Labute approximate surface area is 142 Å². The van der Waals surface area contributed by atoms with Crippen LogP contribution in [0, 0.1) is 0 Å². The van der Waals surface area contributed by atoms with Crippen LogP contribution in [0.4, 0.5) is 4.79 Å². The highest BCUT2D eigenvalue weighted by Gasteiger charge is 2.15. The first kappa shape index (κ1) is 17.8. The molecule has 2 amide bonds. The number of aromatic nitrogens is 1. The van der Waals surface area contributed by atoms with E-state index >= 15 is 0 Å². The molecule has 130 valence electrons. The standard InChI is InChI=1S/C18H25N3O3/c1-18(2,3)24-17(23)20-11-6-10-19-16(22)14-7-5-8-15-13(14)9-12-21(15)4/h5,7-9,12H,6,10-11H2,1-4H3,(H,19,22)(H,20,23). The van der Waals surface area contributed by atoms with Crippen LogP contribution >= 0.6 is 0 Å². The quantitative estimate of drug-likeness (QED) is 0.828. The summed E-state index contributed by atoms with van der Waals surface area (Å²) in [6.45, 7) is 6.38. The van der Waals surface area contributed by atoms with Gasteiger partial charge in [-0.05, 0) is 45.4 Å². The first-order valence-electron chi connectivity index (χ1n) is 8.07. The Bertz CT molecular complexity index is 729. The van der Waals surface area contributed by atoms with E-state index in [-0.39, 0.29) is 5.91 Å². The number of alkyl carbamates (subject to hydrolysis) is 1. The topological polar surface area (TPSA) is 72.4 Å². The lowest BCUT2D eigenvalue weighted by Crippen LogP contribution is -2.34. The maximum absolute atomic E-state index is 12.3. The van der Waals surface area contributed by atoms with Crippen molar-refractivity contribution >= 4 is 22.9 Å². The lowest BCUT2D eigenvalue weighted by molar-refractivity contribution is 0.0527. The summed E-state index contributed by atoms with van der Waals surface area (Å²) in [5, 5.41) is 6.49. The fraction of sp³-hybridized carbons (Fsp3) is 0.444. The van der Waals surface area contributed by atoms with Crippen LogP contribution in [-0.2, 0) is 11.8 Å². The molecule has 0 fully saturated rings. The van der Waals surface area contributed by atoms with Crippen molar-refractivity contribution in [1.29, 1.82) is 0 Å². The molecular weight excluding hydrogens is 306 g/mol. The number of nitrogens with one attached hydrogen (secondary N) is 2. The highest BCUT2D eigenvalue weighted by atomic mass is 16.6. The van der Waals surface area contributed by atoms with Gasteiger partial charge in [0.2, 0.25) is 0 Å². The number of carbonyl (C=O) groups is 2. The van der Waals surface area contributed by atoms with Gasteiger partial charge in [-0.1, -0.05) is 6.07 Å². The van der Waals surface area contributed by atoms with Crippen LogP contribution in [0.1, 0.15) is 37.6 Å². The van der Waals surface area contributed by atoms with Crippen molar-refractivity contribution in [2.45, 2.75) is 32.8 Å². The summed E-state index contributed by atoms with van der Waals surface area (Å²) in [6.07, 6.45) is 2.13. The molecule has 0 atom stereocenters. The highest BCUT2D eigenvalue weighted by molar-refractivity contribution is 6.06. The molecule has 0 saturated heterocycles. The molecule has 0 bridgehead atoms. The van der Waals surface area contributed by atoms with Crippen molar-refractivity contribution in [1.82, 2.24) is 15.2 Å². The number of rotatable bonds is 5. The third-order valence-corrected chi connectivity index (χ3v) is 3.48. The van der Waals surface area contributed by atoms with E-state index in [2.05, 4.69) is 10.6 Å². The maximum atomic E-state index is 12.3.